The molecule has 0 aromatic heterocycles. The first-order valence-corrected chi connectivity index (χ1v) is 7.49. The van der Waals surface area contributed by atoms with E-state index in [-0.39, 0.29) is 5.91 Å². The summed E-state index contributed by atoms with van der Waals surface area (Å²) in [6, 6.07) is 15.4. The quantitative estimate of drug-likeness (QED) is 0.786. The zero-order valence-electron chi connectivity index (χ0n) is 13.5. The highest BCUT2D eigenvalue weighted by atomic mass is 16.5. The van der Waals surface area contributed by atoms with Gasteiger partial charge in [-0.15, -0.1) is 0 Å². The van der Waals surface area contributed by atoms with E-state index in [9.17, 15) is 4.79 Å². The van der Waals surface area contributed by atoms with Crippen molar-refractivity contribution in [3.8, 4) is 11.5 Å². The molecule has 5 nitrogen and oxygen atoms in total. The predicted molar refractivity (Wildman–Crippen MR) is 90.9 cm³/mol. The topological polar surface area (TPSA) is 59.6 Å². The van der Waals surface area contributed by atoms with Gasteiger partial charge in [0.15, 0.2) is 0 Å². The van der Waals surface area contributed by atoms with Gasteiger partial charge in [-0.05, 0) is 17.7 Å². The number of nitrogens with one attached hydrogen (secondary N) is 2. The van der Waals surface area contributed by atoms with Crippen molar-refractivity contribution >= 4 is 11.6 Å². The Bertz CT molecular complexity index is 629. The zero-order valence-corrected chi connectivity index (χ0v) is 13.5. The van der Waals surface area contributed by atoms with Crippen molar-refractivity contribution in [3.05, 3.63) is 54.1 Å². The molecule has 0 fully saturated rings. The second-order valence-corrected chi connectivity index (χ2v) is 5.01. The molecule has 2 N–H and O–H groups in total. The second-order valence-electron chi connectivity index (χ2n) is 5.01. The average Bonchev–Trinajstić information content (AvgIpc) is 2.61. The minimum Gasteiger partial charge on any atom is -0.497 e. The summed E-state index contributed by atoms with van der Waals surface area (Å²) >= 11 is 0. The van der Waals surface area contributed by atoms with Crippen molar-refractivity contribution in [2.75, 3.05) is 26.1 Å². The summed E-state index contributed by atoms with van der Waals surface area (Å²) in [4.78, 5) is 11.9. The molecular weight excluding hydrogens is 292 g/mol. The average molecular weight is 314 g/mol. The molecule has 2 aromatic rings. The van der Waals surface area contributed by atoms with E-state index in [1.807, 2.05) is 42.5 Å². The van der Waals surface area contributed by atoms with Crippen molar-refractivity contribution in [2.45, 2.75) is 13.0 Å². The summed E-state index contributed by atoms with van der Waals surface area (Å²) in [5, 5.41) is 6.11. The lowest BCUT2D eigenvalue weighted by molar-refractivity contribution is -0.121. The normalized spacial score (nSPS) is 10.0. The lowest BCUT2D eigenvalue weighted by Gasteiger charge is -2.12. The molecule has 1 amide bonds. The molecule has 5 heteroatoms. The molecule has 2 rings (SSSR count). The monoisotopic (exact) mass is 314 g/mol. The first kappa shape index (κ1) is 16.7. The number of hydrogen-bond donors (Lipinski definition) is 2. The fourth-order valence-electron chi connectivity index (χ4n) is 2.14. The van der Waals surface area contributed by atoms with Gasteiger partial charge in [0.25, 0.3) is 0 Å². The Balaban J connectivity index is 1.77. The number of carbonyl (C=O) groups is 1. The fraction of sp³-hybridized carbons (Fsp3) is 0.278. The van der Waals surface area contributed by atoms with Gasteiger partial charge < -0.3 is 20.1 Å². The summed E-state index contributed by atoms with van der Waals surface area (Å²) in [5.74, 6) is 1.43. The van der Waals surface area contributed by atoms with Crippen LogP contribution in [0.3, 0.4) is 0 Å². The van der Waals surface area contributed by atoms with Crippen LogP contribution in [0.2, 0.25) is 0 Å². The highest BCUT2D eigenvalue weighted by molar-refractivity contribution is 5.76. The maximum atomic E-state index is 11.9. The van der Waals surface area contributed by atoms with E-state index in [0.717, 1.165) is 17.0 Å². The van der Waals surface area contributed by atoms with Crippen LogP contribution in [-0.4, -0.2) is 26.7 Å². The van der Waals surface area contributed by atoms with Crippen molar-refractivity contribution in [3.63, 3.8) is 0 Å². The molecule has 23 heavy (non-hydrogen) atoms. The molecular formula is C18H22N2O3. The Morgan fingerprint density at radius 2 is 1.83 bits per heavy atom. The lowest BCUT2D eigenvalue weighted by atomic mass is 10.2. The molecule has 0 aliphatic rings. The van der Waals surface area contributed by atoms with Crippen LogP contribution >= 0.6 is 0 Å². The summed E-state index contributed by atoms with van der Waals surface area (Å²) in [7, 11) is 3.21. The van der Waals surface area contributed by atoms with Crippen LogP contribution in [0.25, 0.3) is 0 Å². The standard InChI is InChI=1S/C18H22N2O3/c1-22-15-8-9-16(17(12-15)23-2)19-11-10-18(21)20-13-14-6-4-3-5-7-14/h3-9,12,19H,10-11,13H2,1-2H3,(H,20,21). The molecule has 0 aliphatic carbocycles. The van der Waals surface area contributed by atoms with Crippen LogP contribution < -0.4 is 20.1 Å². The highest BCUT2D eigenvalue weighted by Gasteiger charge is 2.06. The van der Waals surface area contributed by atoms with E-state index in [1.165, 1.54) is 0 Å². The molecule has 0 spiro atoms. The van der Waals surface area contributed by atoms with Crippen LogP contribution in [0.5, 0.6) is 11.5 Å². The van der Waals surface area contributed by atoms with Gasteiger partial charge in [-0.2, -0.15) is 0 Å². The fourth-order valence-corrected chi connectivity index (χ4v) is 2.14. The molecule has 0 heterocycles. The number of methoxy groups -OCH3 is 2. The predicted octanol–water partition coefficient (Wildman–Crippen LogP) is 2.82. The summed E-state index contributed by atoms with van der Waals surface area (Å²) in [5.41, 5.74) is 1.93. The van der Waals surface area contributed by atoms with Gasteiger partial charge >= 0.3 is 0 Å². The zero-order chi connectivity index (χ0) is 16.5. The van der Waals surface area contributed by atoms with E-state index >= 15 is 0 Å². The maximum absolute atomic E-state index is 11.9. The molecule has 0 aliphatic heterocycles. The van der Waals surface area contributed by atoms with Crippen LogP contribution in [0.4, 0.5) is 5.69 Å². The number of hydrogen-bond acceptors (Lipinski definition) is 4. The number of anilines is 1. The smallest absolute Gasteiger partial charge is 0.222 e. The summed E-state index contributed by atoms with van der Waals surface area (Å²) < 4.78 is 10.5. The molecule has 122 valence electrons. The van der Waals surface area contributed by atoms with Crippen molar-refractivity contribution in [1.82, 2.24) is 5.32 Å². The third-order valence-corrected chi connectivity index (χ3v) is 3.41. The second kappa shape index (κ2) is 8.68. The molecule has 0 atom stereocenters. The summed E-state index contributed by atoms with van der Waals surface area (Å²) in [6.07, 6.45) is 0.391. The number of amides is 1. The number of benzene rings is 2. The molecule has 0 bridgehead atoms. The van der Waals surface area contributed by atoms with Gasteiger partial charge in [0.05, 0.1) is 19.9 Å². The van der Waals surface area contributed by atoms with Crippen molar-refractivity contribution in [2.24, 2.45) is 0 Å². The van der Waals surface area contributed by atoms with Gasteiger partial charge in [-0.3, -0.25) is 4.79 Å². The van der Waals surface area contributed by atoms with E-state index < -0.39 is 0 Å². The molecule has 2 aromatic carbocycles. The number of rotatable bonds is 8. The minimum absolute atomic E-state index is 0.00818. The van der Waals surface area contributed by atoms with Crippen LogP contribution in [-0.2, 0) is 11.3 Å². The summed E-state index contributed by atoms with van der Waals surface area (Å²) in [6.45, 7) is 1.08. The Hall–Kier alpha value is -2.69. The van der Waals surface area contributed by atoms with E-state index in [0.29, 0.717) is 25.3 Å². The Morgan fingerprint density at radius 1 is 1.04 bits per heavy atom. The van der Waals surface area contributed by atoms with Crippen LogP contribution in [0.15, 0.2) is 48.5 Å². The van der Waals surface area contributed by atoms with Gasteiger partial charge in [0.2, 0.25) is 5.91 Å². The lowest BCUT2D eigenvalue weighted by Crippen LogP contribution is -2.24. The minimum atomic E-state index is 0.00818. The third-order valence-electron chi connectivity index (χ3n) is 3.41. The first-order chi connectivity index (χ1) is 11.2. The SMILES string of the molecule is COc1ccc(NCCC(=O)NCc2ccccc2)c(OC)c1. The number of carbonyl (C=O) groups excluding carboxylic acids is 1. The molecule has 0 radical (unpaired) electrons. The molecule has 0 unspecified atom stereocenters. The Kier molecular flexibility index (Phi) is 6.29. The first-order valence-electron chi connectivity index (χ1n) is 7.49. The van der Waals surface area contributed by atoms with Crippen LogP contribution in [0, 0.1) is 0 Å². The van der Waals surface area contributed by atoms with Crippen molar-refractivity contribution in [1.29, 1.82) is 0 Å². The molecule has 0 saturated carbocycles. The highest BCUT2D eigenvalue weighted by Crippen LogP contribution is 2.28. The van der Waals surface area contributed by atoms with Gasteiger partial charge in [-0.25, -0.2) is 0 Å². The maximum Gasteiger partial charge on any atom is 0.222 e. The van der Waals surface area contributed by atoms with Crippen molar-refractivity contribution < 1.29 is 14.3 Å². The van der Waals surface area contributed by atoms with Gasteiger partial charge in [0.1, 0.15) is 11.5 Å². The van der Waals surface area contributed by atoms with E-state index in [2.05, 4.69) is 10.6 Å². The third kappa shape index (κ3) is 5.21. The Morgan fingerprint density at radius 3 is 2.52 bits per heavy atom. The largest absolute Gasteiger partial charge is 0.497 e. The van der Waals surface area contributed by atoms with Gasteiger partial charge in [0, 0.05) is 25.6 Å². The van der Waals surface area contributed by atoms with E-state index in [1.54, 1.807) is 20.3 Å². The van der Waals surface area contributed by atoms with Gasteiger partial charge in [-0.1, -0.05) is 30.3 Å². The van der Waals surface area contributed by atoms with Crippen LogP contribution in [0.1, 0.15) is 12.0 Å². The molecule has 0 saturated heterocycles. The number of ether oxygens (including phenoxy) is 2. The Labute approximate surface area is 136 Å². The van der Waals surface area contributed by atoms with E-state index in [4.69, 9.17) is 9.47 Å².